The van der Waals surface area contributed by atoms with Crippen molar-refractivity contribution in [2.45, 2.75) is 6.04 Å². The summed E-state index contributed by atoms with van der Waals surface area (Å²) in [5, 5.41) is 22.9. The van der Waals surface area contributed by atoms with Gasteiger partial charge in [0.1, 0.15) is 5.75 Å². The lowest BCUT2D eigenvalue weighted by molar-refractivity contribution is 0.109. The van der Waals surface area contributed by atoms with Crippen molar-refractivity contribution < 1.29 is 10.2 Å². The van der Waals surface area contributed by atoms with E-state index in [9.17, 15) is 10.2 Å². The molecule has 1 atom stereocenters. The molecule has 0 bridgehead atoms. The molecular formula is C12H17BrN2O2. The van der Waals surface area contributed by atoms with Gasteiger partial charge in [0, 0.05) is 31.7 Å². The van der Waals surface area contributed by atoms with E-state index in [1.165, 1.54) is 0 Å². The predicted molar refractivity (Wildman–Crippen MR) is 70.1 cm³/mol. The number of nitrogens with zero attached hydrogens (tertiary/aromatic N) is 1. The number of aliphatic hydroxyl groups excluding tert-OH is 1. The maximum absolute atomic E-state index is 10.0. The Labute approximate surface area is 109 Å². The van der Waals surface area contributed by atoms with Crippen LogP contribution in [-0.2, 0) is 0 Å². The zero-order chi connectivity index (χ0) is 12.3. The molecule has 1 heterocycles. The Kier molecular flexibility index (Phi) is 4.39. The maximum Gasteiger partial charge on any atom is 0.134 e. The summed E-state index contributed by atoms with van der Waals surface area (Å²) in [6, 6.07) is 5.41. The lowest BCUT2D eigenvalue weighted by Crippen LogP contribution is -2.46. The van der Waals surface area contributed by atoms with Crippen LogP contribution in [-0.4, -0.2) is 47.9 Å². The second-order valence-electron chi connectivity index (χ2n) is 4.16. The average Bonchev–Trinajstić information content (AvgIpc) is 2.37. The third-order valence-electron chi connectivity index (χ3n) is 3.14. The van der Waals surface area contributed by atoms with Crippen LogP contribution in [0.2, 0.25) is 0 Å². The number of hydrogen-bond donors (Lipinski definition) is 3. The lowest BCUT2D eigenvalue weighted by atomic mass is 10.0. The van der Waals surface area contributed by atoms with Crippen LogP contribution in [0.4, 0.5) is 0 Å². The molecule has 0 aromatic heterocycles. The third-order valence-corrected chi connectivity index (χ3v) is 3.78. The van der Waals surface area contributed by atoms with Crippen LogP contribution in [0.15, 0.2) is 22.7 Å². The Morgan fingerprint density at radius 1 is 1.35 bits per heavy atom. The molecule has 0 saturated carbocycles. The first-order chi connectivity index (χ1) is 8.24. The molecule has 4 nitrogen and oxygen atoms in total. The molecule has 0 amide bonds. The summed E-state index contributed by atoms with van der Waals surface area (Å²) in [6.45, 7) is 3.63. The van der Waals surface area contributed by atoms with Crippen LogP contribution in [0.25, 0.3) is 0 Å². The van der Waals surface area contributed by atoms with Gasteiger partial charge in [0.25, 0.3) is 0 Å². The highest BCUT2D eigenvalue weighted by Crippen LogP contribution is 2.34. The van der Waals surface area contributed by atoms with Gasteiger partial charge in [-0.15, -0.1) is 0 Å². The number of rotatable bonds is 3. The second kappa shape index (κ2) is 5.82. The minimum Gasteiger partial charge on any atom is -0.506 e. The van der Waals surface area contributed by atoms with E-state index in [1.807, 2.05) is 12.1 Å². The molecule has 1 saturated heterocycles. The fraction of sp³-hybridized carbons (Fsp3) is 0.500. The van der Waals surface area contributed by atoms with Gasteiger partial charge >= 0.3 is 0 Å². The number of halogens is 1. The van der Waals surface area contributed by atoms with Crippen LogP contribution in [0, 0.1) is 0 Å². The van der Waals surface area contributed by atoms with E-state index < -0.39 is 0 Å². The minimum absolute atomic E-state index is 0.0179. The molecule has 5 heteroatoms. The Morgan fingerprint density at radius 2 is 2.06 bits per heavy atom. The van der Waals surface area contributed by atoms with Gasteiger partial charge in [-0.25, -0.2) is 0 Å². The van der Waals surface area contributed by atoms with E-state index in [4.69, 9.17) is 0 Å². The molecule has 3 N–H and O–H groups in total. The van der Waals surface area contributed by atoms with E-state index >= 15 is 0 Å². The van der Waals surface area contributed by atoms with Crippen LogP contribution in [0.5, 0.6) is 5.75 Å². The predicted octanol–water partition coefficient (Wildman–Crippen LogP) is 1.09. The molecule has 1 aliphatic rings. The Morgan fingerprint density at radius 3 is 2.71 bits per heavy atom. The smallest absolute Gasteiger partial charge is 0.134 e. The summed E-state index contributed by atoms with van der Waals surface area (Å²) in [7, 11) is 0. The van der Waals surface area contributed by atoms with Gasteiger partial charge in [0.05, 0.1) is 17.1 Å². The van der Waals surface area contributed by atoms with Crippen LogP contribution >= 0.6 is 15.9 Å². The first-order valence-electron chi connectivity index (χ1n) is 5.77. The first-order valence-corrected chi connectivity index (χ1v) is 6.56. The van der Waals surface area contributed by atoms with E-state index in [-0.39, 0.29) is 18.4 Å². The van der Waals surface area contributed by atoms with E-state index in [0.717, 1.165) is 31.7 Å². The fourth-order valence-corrected chi connectivity index (χ4v) is 2.59. The quantitative estimate of drug-likeness (QED) is 0.782. The summed E-state index contributed by atoms with van der Waals surface area (Å²) in [6.07, 6.45) is 0. The number of aromatic hydroxyl groups is 1. The van der Waals surface area contributed by atoms with Gasteiger partial charge in [-0.3, -0.25) is 4.90 Å². The molecule has 0 radical (unpaired) electrons. The summed E-state index contributed by atoms with van der Waals surface area (Å²) < 4.78 is 0.670. The number of aliphatic hydroxyl groups is 1. The second-order valence-corrected chi connectivity index (χ2v) is 5.02. The van der Waals surface area contributed by atoms with Crippen molar-refractivity contribution in [2.24, 2.45) is 0 Å². The van der Waals surface area contributed by atoms with Crippen molar-refractivity contribution >= 4 is 15.9 Å². The summed E-state index contributed by atoms with van der Waals surface area (Å²) in [5.41, 5.74) is 0.781. The Hall–Kier alpha value is -0.620. The van der Waals surface area contributed by atoms with Crippen molar-refractivity contribution in [3.63, 3.8) is 0 Å². The number of piperazine rings is 1. The van der Waals surface area contributed by atoms with Crippen LogP contribution in [0.3, 0.4) is 0 Å². The molecule has 0 spiro atoms. The summed E-state index contributed by atoms with van der Waals surface area (Å²) in [4.78, 5) is 2.19. The molecular weight excluding hydrogens is 284 g/mol. The maximum atomic E-state index is 10.0. The first kappa shape index (κ1) is 12.8. The third kappa shape index (κ3) is 2.80. The molecule has 0 unspecified atom stereocenters. The number of phenols is 1. The van der Waals surface area contributed by atoms with Crippen LogP contribution < -0.4 is 5.32 Å². The fourth-order valence-electron chi connectivity index (χ4n) is 2.21. The number of hydrogen-bond acceptors (Lipinski definition) is 4. The van der Waals surface area contributed by atoms with Gasteiger partial charge in [-0.1, -0.05) is 12.1 Å². The van der Waals surface area contributed by atoms with Gasteiger partial charge in [0.15, 0.2) is 0 Å². The number of benzene rings is 1. The standard InChI is InChI=1S/C12H17BrN2O2/c13-10-3-1-2-9(12(10)17)11(8-16)15-6-4-14-5-7-15/h1-3,11,14,16-17H,4-8H2/t11-/m0/s1. The normalized spacial score (nSPS) is 19.2. The van der Waals surface area contributed by atoms with Crippen LogP contribution in [0.1, 0.15) is 11.6 Å². The Balaban J connectivity index is 2.24. The monoisotopic (exact) mass is 300 g/mol. The number of nitrogens with one attached hydrogen (secondary N) is 1. The molecule has 1 aromatic rings. The highest BCUT2D eigenvalue weighted by atomic mass is 79.9. The number of para-hydroxylation sites is 1. The topological polar surface area (TPSA) is 55.7 Å². The SMILES string of the molecule is OC[C@@H](c1cccc(Br)c1O)N1CCNCC1. The Bertz CT molecular complexity index is 381. The van der Waals surface area contributed by atoms with Gasteiger partial charge < -0.3 is 15.5 Å². The highest BCUT2D eigenvalue weighted by molar-refractivity contribution is 9.10. The van der Waals surface area contributed by atoms with E-state index in [2.05, 4.69) is 26.1 Å². The highest BCUT2D eigenvalue weighted by Gasteiger charge is 2.24. The van der Waals surface area contributed by atoms with E-state index in [0.29, 0.717) is 4.47 Å². The average molecular weight is 301 g/mol. The molecule has 1 fully saturated rings. The van der Waals surface area contributed by atoms with Gasteiger partial charge in [0.2, 0.25) is 0 Å². The van der Waals surface area contributed by atoms with Gasteiger partial charge in [-0.2, -0.15) is 0 Å². The molecule has 0 aliphatic carbocycles. The number of phenolic OH excluding ortho intramolecular Hbond substituents is 1. The van der Waals surface area contributed by atoms with Gasteiger partial charge in [-0.05, 0) is 22.0 Å². The minimum atomic E-state index is -0.130. The van der Waals surface area contributed by atoms with Crippen molar-refractivity contribution in [1.29, 1.82) is 0 Å². The van der Waals surface area contributed by atoms with Crippen molar-refractivity contribution in [3.05, 3.63) is 28.2 Å². The van der Waals surface area contributed by atoms with Crippen molar-refractivity contribution in [1.82, 2.24) is 10.2 Å². The molecule has 1 aromatic carbocycles. The summed E-state index contributed by atoms with van der Waals surface area (Å²) >= 11 is 3.31. The molecule has 94 valence electrons. The lowest BCUT2D eigenvalue weighted by Gasteiger charge is -2.34. The largest absolute Gasteiger partial charge is 0.506 e. The molecule has 17 heavy (non-hydrogen) atoms. The zero-order valence-electron chi connectivity index (χ0n) is 9.56. The molecule has 1 aliphatic heterocycles. The van der Waals surface area contributed by atoms with Crippen molar-refractivity contribution in [2.75, 3.05) is 32.8 Å². The van der Waals surface area contributed by atoms with Crippen molar-refractivity contribution in [3.8, 4) is 5.75 Å². The summed E-state index contributed by atoms with van der Waals surface area (Å²) in [5.74, 6) is 0.227. The molecule has 2 rings (SSSR count). The zero-order valence-corrected chi connectivity index (χ0v) is 11.2. The van der Waals surface area contributed by atoms with E-state index in [1.54, 1.807) is 6.07 Å².